The highest BCUT2D eigenvalue weighted by molar-refractivity contribution is 5.88. The van der Waals surface area contributed by atoms with Crippen molar-refractivity contribution in [3.05, 3.63) is 12.7 Å². The summed E-state index contributed by atoms with van der Waals surface area (Å²) < 4.78 is 0. The third-order valence-corrected chi connectivity index (χ3v) is 2.09. The van der Waals surface area contributed by atoms with E-state index in [1.54, 1.807) is 6.08 Å². The highest BCUT2D eigenvalue weighted by atomic mass is 16.2. The minimum atomic E-state index is -0.571. The number of nitrogens with one attached hydrogen (secondary N) is 1. The van der Waals surface area contributed by atoms with Gasteiger partial charge in [-0.15, -0.1) is 6.58 Å². The Balaban J connectivity index is 2.50. The maximum absolute atomic E-state index is 11.6. The Morgan fingerprint density at radius 2 is 2.50 bits per heavy atom. The van der Waals surface area contributed by atoms with Crippen LogP contribution in [0.4, 0.5) is 0 Å². The summed E-state index contributed by atoms with van der Waals surface area (Å²) in [5.41, 5.74) is 5.61. The van der Waals surface area contributed by atoms with Gasteiger partial charge in [0, 0.05) is 13.1 Å². The lowest BCUT2D eigenvalue weighted by Gasteiger charge is -2.28. The fourth-order valence-corrected chi connectivity index (χ4v) is 1.34. The summed E-state index contributed by atoms with van der Waals surface area (Å²) in [5, 5.41) is 2.64. The van der Waals surface area contributed by atoms with Crippen LogP contribution in [0.15, 0.2) is 12.7 Å². The van der Waals surface area contributed by atoms with Crippen molar-refractivity contribution < 1.29 is 9.59 Å². The average Bonchev–Trinajstić information content (AvgIpc) is 2.17. The molecule has 0 aromatic rings. The largest absolute Gasteiger partial charge is 0.353 e. The van der Waals surface area contributed by atoms with Crippen LogP contribution in [-0.2, 0) is 9.59 Å². The SMILES string of the molecule is C=CCC(N)C(=O)N1CCNC(=O)C1. The highest BCUT2D eigenvalue weighted by Gasteiger charge is 2.24. The van der Waals surface area contributed by atoms with Gasteiger partial charge in [0.05, 0.1) is 12.6 Å². The van der Waals surface area contributed by atoms with E-state index in [1.165, 1.54) is 4.90 Å². The van der Waals surface area contributed by atoms with Crippen LogP contribution in [0.2, 0.25) is 0 Å². The van der Waals surface area contributed by atoms with Gasteiger partial charge in [0.25, 0.3) is 0 Å². The standard InChI is InChI=1S/C9H15N3O2/c1-2-3-7(10)9(14)12-5-4-11-8(13)6-12/h2,7H,1,3-6,10H2,(H,11,13). The van der Waals surface area contributed by atoms with Gasteiger partial charge in [-0.3, -0.25) is 9.59 Å². The Kier molecular flexibility index (Phi) is 3.64. The first-order valence-corrected chi connectivity index (χ1v) is 4.57. The zero-order valence-electron chi connectivity index (χ0n) is 8.03. The van der Waals surface area contributed by atoms with Crippen molar-refractivity contribution in [3.8, 4) is 0 Å². The first kappa shape index (κ1) is 10.7. The molecule has 78 valence electrons. The normalized spacial score (nSPS) is 18.6. The Morgan fingerprint density at radius 3 is 3.07 bits per heavy atom. The van der Waals surface area contributed by atoms with Gasteiger partial charge in [-0.1, -0.05) is 6.08 Å². The van der Waals surface area contributed by atoms with E-state index in [0.29, 0.717) is 19.5 Å². The van der Waals surface area contributed by atoms with Crippen LogP contribution in [0, 0.1) is 0 Å². The van der Waals surface area contributed by atoms with Crippen molar-refractivity contribution in [2.24, 2.45) is 5.73 Å². The third kappa shape index (κ3) is 2.56. The van der Waals surface area contributed by atoms with E-state index in [1.807, 2.05) is 0 Å². The van der Waals surface area contributed by atoms with E-state index in [4.69, 9.17) is 5.73 Å². The van der Waals surface area contributed by atoms with Crippen molar-refractivity contribution in [1.29, 1.82) is 0 Å². The molecule has 1 aliphatic heterocycles. The van der Waals surface area contributed by atoms with Gasteiger partial charge < -0.3 is 16.0 Å². The second-order valence-electron chi connectivity index (χ2n) is 3.24. The average molecular weight is 197 g/mol. The van der Waals surface area contributed by atoms with Gasteiger partial charge in [-0.25, -0.2) is 0 Å². The van der Waals surface area contributed by atoms with Crippen LogP contribution in [0.3, 0.4) is 0 Å². The number of amides is 2. The molecule has 0 aromatic carbocycles. The Bertz CT molecular complexity index is 252. The molecule has 5 heteroatoms. The van der Waals surface area contributed by atoms with Gasteiger partial charge in [-0.05, 0) is 6.42 Å². The molecule has 14 heavy (non-hydrogen) atoms. The Labute approximate surface area is 82.9 Å². The molecular weight excluding hydrogens is 182 g/mol. The zero-order valence-corrected chi connectivity index (χ0v) is 8.03. The summed E-state index contributed by atoms with van der Waals surface area (Å²) in [6, 6.07) is -0.571. The maximum atomic E-state index is 11.6. The molecule has 1 atom stereocenters. The number of piperazine rings is 1. The summed E-state index contributed by atoms with van der Waals surface area (Å²) in [6.45, 7) is 4.67. The van der Waals surface area contributed by atoms with Crippen molar-refractivity contribution in [2.45, 2.75) is 12.5 Å². The smallest absolute Gasteiger partial charge is 0.240 e. The number of hydrogen-bond donors (Lipinski definition) is 2. The van der Waals surface area contributed by atoms with Crippen LogP contribution < -0.4 is 11.1 Å². The lowest BCUT2D eigenvalue weighted by molar-refractivity contribution is -0.139. The van der Waals surface area contributed by atoms with Gasteiger partial charge in [0.15, 0.2) is 0 Å². The maximum Gasteiger partial charge on any atom is 0.240 e. The molecule has 0 saturated carbocycles. The molecule has 0 bridgehead atoms. The zero-order chi connectivity index (χ0) is 10.6. The number of rotatable bonds is 3. The van der Waals surface area contributed by atoms with E-state index >= 15 is 0 Å². The molecule has 3 N–H and O–H groups in total. The van der Waals surface area contributed by atoms with Gasteiger partial charge in [0.1, 0.15) is 0 Å². The summed E-state index contributed by atoms with van der Waals surface area (Å²) in [7, 11) is 0. The topological polar surface area (TPSA) is 75.4 Å². The Hall–Kier alpha value is -1.36. The molecule has 0 radical (unpaired) electrons. The molecule has 1 fully saturated rings. The lowest BCUT2D eigenvalue weighted by Crippen LogP contribution is -2.54. The number of nitrogens with two attached hydrogens (primary N) is 1. The predicted octanol–water partition coefficient (Wildman–Crippen LogP) is -1.15. The van der Waals surface area contributed by atoms with Crippen LogP contribution >= 0.6 is 0 Å². The fraction of sp³-hybridized carbons (Fsp3) is 0.556. The van der Waals surface area contributed by atoms with Gasteiger partial charge in [-0.2, -0.15) is 0 Å². The Morgan fingerprint density at radius 1 is 1.79 bits per heavy atom. The first-order chi connectivity index (χ1) is 6.65. The molecular formula is C9H15N3O2. The molecule has 1 heterocycles. The second-order valence-corrected chi connectivity index (χ2v) is 3.24. The molecule has 1 aliphatic rings. The quantitative estimate of drug-likeness (QED) is 0.561. The summed E-state index contributed by atoms with van der Waals surface area (Å²) >= 11 is 0. The summed E-state index contributed by atoms with van der Waals surface area (Å²) in [4.78, 5) is 24.1. The van der Waals surface area contributed by atoms with Crippen LogP contribution in [0.1, 0.15) is 6.42 Å². The van der Waals surface area contributed by atoms with Crippen molar-refractivity contribution >= 4 is 11.8 Å². The fourth-order valence-electron chi connectivity index (χ4n) is 1.34. The molecule has 0 aromatic heterocycles. The van der Waals surface area contributed by atoms with E-state index in [-0.39, 0.29) is 18.4 Å². The van der Waals surface area contributed by atoms with Gasteiger partial charge in [0.2, 0.25) is 11.8 Å². The number of hydrogen-bond acceptors (Lipinski definition) is 3. The summed E-state index contributed by atoms with van der Waals surface area (Å²) in [6.07, 6.45) is 2.05. The minimum absolute atomic E-state index is 0.115. The molecule has 1 saturated heterocycles. The van der Waals surface area contributed by atoms with Crippen LogP contribution in [0.5, 0.6) is 0 Å². The lowest BCUT2D eigenvalue weighted by atomic mass is 10.2. The van der Waals surface area contributed by atoms with Crippen molar-refractivity contribution in [3.63, 3.8) is 0 Å². The number of nitrogens with zero attached hydrogens (tertiary/aromatic N) is 1. The van der Waals surface area contributed by atoms with Gasteiger partial charge >= 0.3 is 0 Å². The molecule has 1 unspecified atom stereocenters. The molecule has 2 amide bonds. The van der Waals surface area contributed by atoms with Crippen molar-refractivity contribution in [2.75, 3.05) is 19.6 Å². The van der Waals surface area contributed by atoms with E-state index in [0.717, 1.165) is 0 Å². The van der Waals surface area contributed by atoms with E-state index < -0.39 is 6.04 Å². The highest BCUT2D eigenvalue weighted by Crippen LogP contribution is 2.00. The monoisotopic (exact) mass is 197 g/mol. The second kappa shape index (κ2) is 4.76. The number of carbonyl (C=O) groups is 2. The molecule has 0 aliphatic carbocycles. The predicted molar refractivity (Wildman–Crippen MR) is 52.4 cm³/mol. The summed E-state index contributed by atoms with van der Waals surface area (Å²) in [5.74, 6) is -0.310. The van der Waals surface area contributed by atoms with E-state index in [9.17, 15) is 9.59 Å². The minimum Gasteiger partial charge on any atom is -0.353 e. The first-order valence-electron chi connectivity index (χ1n) is 4.57. The van der Waals surface area contributed by atoms with E-state index in [2.05, 4.69) is 11.9 Å². The van der Waals surface area contributed by atoms with Crippen LogP contribution in [0.25, 0.3) is 0 Å². The molecule has 1 rings (SSSR count). The molecule has 0 spiro atoms. The van der Waals surface area contributed by atoms with Crippen molar-refractivity contribution in [1.82, 2.24) is 10.2 Å². The third-order valence-electron chi connectivity index (χ3n) is 2.09. The van der Waals surface area contributed by atoms with Crippen LogP contribution in [-0.4, -0.2) is 42.4 Å². The molecule has 5 nitrogen and oxygen atoms in total. The number of carbonyl (C=O) groups excluding carboxylic acids is 2.